The molecule has 7 heteroatoms. The maximum absolute atomic E-state index is 12.7. The molecule has 3 nitrogen and oxygen atoms in total. The molecule has 21 heavy (non-hydrogen) atoms. The zero-order chi connectivity index (χ0) is 15.6. The highest BCUT2D eigenvalue weighted by molar-refractivity contribution is 9.10. The van der Waals surface area contributed by atoms with Crippen molar-refractivity contribution in [1.82, 2.24) is 0 Å². The number of alkyl halides is 3. The maximum Gasteiger partial charge on any atom is 0.416 e. The molecule has 2 aromatic rings. The highest BCUT2D eigenvalue weighted by Gasteiger charge is 2.30. The monoisotopic (exact) mass is 360 g/mol. The number of benzene rings is 2. The van der Waals surface area contributed by atoms with E-state index < -0.39 is 11.7 Å². The van der Waals surface area contributed by atoms with Crippen molar-refractivity contribution in [3.8, 4) is 5.75 Å². The molecule has 2 aromatic carbocycles. The summed E-state index contributed by atoms with van der Waals surface area (Å²) in [7, 11) is 1.50. The van der Waals surface area contributed by atoms with E-state index in [1.807, 2.05) is 0 Å². The van der Waals surface area contributed by atoms with E-state index in [1.54, 1.807) is 18.2 Å². The van der Waals surface area contributed by atoms with E-state index in [0.29, 0.717) is 21.6 Å². The molecule has 0 amide bonds. The van der Waals surface area contributed by atoms with Gasteiger partial charge in [0, 0.05) is 10.5 Å². The van der Waals surface area contributed by atoms with Gasteiger partial charge in [0.1, 0.15) is 5.75 Å². The van der Waals surface area contributed by atoms with Crippen LogP contribution in [0, 0.1) is 0 Å². The molecular weight excluding hydrogens is 349 g/mol. The van der Waals surface area contributed by atoms with Gasteiger partial charge in [0.2, 0.25) is 0 Å². The number of hydrogen-bond donors (Lipinski definition) is 2. The van der Waals surface area contributed by atoms with Gasteiger partial charge >= 0.3 is 6.18 Å². The first-order chi connectivity index (χ1) is 9.81. The molecule has 0 aromatic heterocycles. The van der Waals surface area contributed by atoms with Crippen LogP contribution in [0.15, 0.2) is 40.9 Å². The van der Waals surface area contributed by atoms with Crippen molar-refractivity contribution in [3.63, 3.8) is 0 Å². The predicted molar refractivity (Wildman–Crippen MR) is 79.8 cm³/mol. The first kappa shape index (κ1) is 15.5. The van der Waals surface area contributed by atoms with E-state index in [1.165, 1.54) is 13.2 Å². The molecule has 0 fully saturated rings. The molecule has 112 valence electrons. The third-order valence-electron chi connectivity index (χ3n) is 2.82. The third-order valence-corrected chi connectivity index (χ3v) is 3.51. The van der Waals surface area contributed by atoms with Crippen LogP contribution in [0.5, 0.6) is 5.75 Å². The van der Waals surface area contributed by atoms with Gasteiger partial charge in [0.05, 0.1) is 29.7 Å². The molecule has 2 rings (SSSR count). The zero-order valence-corrected chi connectivity index (χ0v) is 12.5. The summed E-state index contributed by atoms with van der Waals surface area (Å²) >= 11 is 3.21. The second-order valence-electron chi connectivity index (χ2n) is 4.27. The second kappa shape index (κ2) is 5.85. The molecule has 0 unspecified atom stereocenters. The maximum atomic E-state index is 12.7. The molecule has 0 saturated heterocycles. The predicted octanol–water partition coefficient (Wildman–Crippen LogP) is 4.80. The van der Waals surface area contributed by atoms with Crippen LogP contribution in [0.2, 0.25) is 0 Å². The molecule has 0 aliphatic heterocycles. The summed E-state index contributed by atoms with van der Waals surface area (Å²) in [6, 6.07) is 8.25. The summed E-state index contributed by atoms with van der Waals surface area (Å²) in [5.74, 6) is 0.551. The first-order valence-corrected chi connectivity index (χ1v) is 6.68. The Morgan fingerprint density at radius 2 is 1.81 bits per heavy atom. The third kappa shape index (κ3) is 3.60. The number of nitrogens with two attached hydrogens (primary N) is 1. The highest BCUT2D eigenvalue weighted by Crippen LogP contribution is 2.36. The Bertz CT molecular complexity index is 659. The van der Waals surface area contributed by atoms with Crippen molar-refractivity contribution in [2.75, 3.05) is 18.2 Å². The fourth-order valence-electron chi connectivity index (χ4n) is 1.71. The van der Waals surface area contributed by atoms with Crippen molar-refractivity contribution >= 4 is 33.0 Å². The van der Waals surface area contributed by atoms with Gasteiger partial charge in [-0.15, -0.1) is 0 Å². The molecule has 0 atom stereocenters. The van der Waals surface area contributed by atoms with Crippen LogP contribution in [-0.2, 0) is 6.18 Å². The average Bonchev–Trinajstić information content (AvgIpc) is 2.42. The SMILES string of the molecule is COc1ccc(N)c(Nc2cc(C(F)(F)F)ccc2Br)c1. The molecule has 0 heterocycles. The number of halogens is 4. The van der Waals surface area contributed by atoms with Crippen LogP contribution in [0.25, 0.3) is 0 Å². The summed E-state index contributed by atoms with van der Waals surface area (Å²) < 4.78 is 43.8. The largest absolute Gasteiger partial charge is 0.497 e. The van der Waals surface area contributed by atoms with Gasteiger partial charge in [-0.05, 0) is 46.3 Å². The lowest BCUT2D eigenvalue weighted by atomic mass is 10.2. The minimum absolute atomic E-state index is 0.268. The van der Waals surface area contributed by atoms with Gasteiger partial charge in [-0.1, -0.05) is 0 Å². The van der Waals surface area contributed by atoms with Crippen LogP contribution in [0.3, 0.4) is 0 Å². The van der Waals surface area contributed by atoms with Crippen LogP contribution in [0.1, 0.15) is 5.56 Å². The van der Waals surface area contributed by atoms with Crippen molar-refractivity contribution in [2.24, 2.45) is 0 Å². The normalized spacial score (nSPS) is 11.3. The molecule has 0 radical (unpaired) electrons. The number of methoxy groups -OCH3 is 1. The lowest BCUT2D eigenvalue weighted by Crippen LogP contribution is -2.06. The van der Waals surface area contributed by atoms with Crippen LogP contribution in [0.4, 0.5) is 30.2 Å². The number of rotatable bonds is 3. The van der Waals surface area contributed by atoms with E-state index in [2.05, 4.69) is 21.2 Å². The lowest BCUT2D eigenvalue weighted by molar-refractivity contribution is -0.137. The summed E-state index contributed by atoms with van der Waals surface area (Å²) in [6.45, 7) is 0. The summed E-state index contributed by atoms with van der Waals surface area (Å²) in [5.41, 5.74) is 6.21. The van der Waals surface area contributed by atoms with E-state index in [0.717, 1.165) is 12.1 Å². The van der Waals surface area contributed by atoms with Crippen molar-refractivity contribution in [3.05, 3.63) is 46.4 Å². The lowest BCUT2D eigenvalue weighted by Gasteiger charge is -2.14. The number of nitrogens with one attached hydrogen (secondary N) is 1. The molecule has 0 aliphatic rings. The van der Waals surface area contributed by atoms with Crippen LogP contribution >= 0.6 is 15.9 Å². The van der Waals surface area contributed by atoms with Crippen molar-refractivity contribution < 1.29 is 17.9 Å². The van der Waals surface area contributed by atoms with Gasteiger partial charge in [0.15, 0.2) is 0 Å². The summed E-state index contributed by atoms with van der Waals surface area (Å²) in [5, 5.41) is 2.88. The topological polar surface area (TPSA) is 47.3 Å². The summed E-state index contributed by atoms with van der Waals surface area (Å²) in [4.78, 5) is 0. The Kier molecular flexibility index (Phi) is 4.32. The number of hydrogen-bond acceptors (Lipinski definition) is 3. The summed E-state index contributed by atoms with van der Waals surface area (Å²) in [6.07, 6.45) is -4.41. The van der Waals surface area contributed by atoms with E-state index in [4.69, 9.17) is 10.5 Å². The molecular formula is C14H12BrF3N2O. The molecule has 0 aliphatic carbocycles. The Morgan fingerprint density at radius 1 is 1.10 bits per heavy atom. The molecule has 0 bridgehead atoms. The van der Waals surface area contributed by atoms with E-state index >= 15 is 0 Å². The Hall–Kier alpha value is -1.89. The smallest absolute Gasteiger partial charge is 0.416 e. The van der Waals surface area contributed by atoms with Crippen LogP contribution in [-0.4, -0.2) is 7.11 Å². The fraction of sp³-hybridized carbons (Fsp3) is 0.143. The molecule has 0 spiro atoms. The van der Waals surface area contributed by atoms with Gasteiger partial charge in [-0.2, -0.15) is 13.2 Å². The second-order valence-corrected chi connectivity index (χ2v) is 5.12. The van der Waals surface area contributed by atoms with Crippen LogP contribution < -0.4 is 15.8 Å². The Balaban J connectivity index is 2.39. The minimum atomic E-state index is -4.41. The molecule has 3 N–H and O–H groups in total. The van der Waals surface area contributed by atoms with E-state index in [9.17, 15) is 13.2 Å². The van der Waals surface area contributed by atoms with E-state index in [-0.39, 0.29) is 5.69 Å². The van der Waals surface area contributed by atoms with Crippen molar-refractivity contribution in [2.45, 2.75) is 6.18 Å². The quantitative estimate of drug-likeness (QED) is 0.772. The number of anilines is 3. The fourth-order valence-corrected chi connectivity index (χ4v) is 2.06. The van der Waals surface area contributed by atoms with Gasteiger partial charge in [-0.3, -0.25) is 0 Å². The average molecular weight is 361 g/mol. The molecule has 0 saturated carbocycles. The zero-order valence-electron chi connectivity index (χ0n) is 11.0. The van der Waals surface area contributed by atoms with Gasteiger partial charge in [0.25, 0.3) is 0 Å². The van der Waals surface area contributed by atoms with Gasteiger partial charge < -0.3 is 15.8 Å². The minimum Gasteiger partial charge on any atom is -0.497 e. The van der Waals surface area contributed by atoms with Crippen molar-refractivity contribution in [1.29, 1.82) is 0 Å². The number of nitrogen functional groups attached to an aromatic ring is 1. The Morgan fingerprint density at radius 3 is 2.43 bits per heavy atom. The first-order valence-electron chi connectivity index (χ1n) is 5.88. The number of ether oxygens (including phenoxy) is 1. The standard InChI is InChI=1S/C14H12BrF3N2O/c1-21-9-3-5-11(19)13(7-9)20-12-6-8(14(16,17)18)2-4-10(12)15/h2-7,20H,19H2,1H3. The highest BCUT2D eigenvalue weighted by atomic mass is 79.9. The Labute approximate surface area is 128 Å². The van der Waals surface area contributed by atoms with Gasteiger partial charge in [-0.25, -0.2) is 0 Å².